The first-order chi connectivity index (χ1) is 10.6. The normalized spacial score (nSPS) is 17.5. The number of hydrogen-bond donors (Lipinski definition) is 1. The fraction of sp³-hybridized carbons (Fsp3) is 0.438. The van der Waals surface area contributed by atoms with Gasteiger partial charge >= 0.3 is 0 Å². The van der Waals surface area contributed by atoms with E-state index in [1.54, 1.807) is 6.33 Å². The number of aryl methyl sites for hydroxylation is 2. The van der Waals surface area contributed by atoms with E-state index in [0.29, 0.717) is 5.56 Å². The van der Waals surface area contributed by atoms with Crippen LogP contribution in [0.15, 0.2) is 30.6 Å². The molecule has 1 aromatic heterocycles. The van der Waals surface area contributed by atoms with Gasteiger partial charge in [0.1, 0.15) is 12.2 Å². The largest absolute Gasteiger partial charge is 0.378 e. The minimum absolute atomic E-state index is 0.00800. The summed E-state index contributed by atoms with van der Waals surface area (Å²) in [6.45, 7) is 0.852. The number of nitrogens with zero attached hydrogens (tertiary/aromatic N) is 4. The highest BCUT2D eigenvalue weighted by Crippen LogP contribution is 2.16. The zero-order valence-corrected chi connectivity index (χ0v) is 13.0. The maximum Gasteiger partial charge on any atom is 0.251 e. The van der Waals surface area contributed by atoms with E-state index in [9.17, 15) is 4.79 Å². The highest BCUT2D eigenvalue weighted by Gasteiger charge is 2.19. The highest BCUT2D eigenvalue weighted by molar-refractivity contribution is 5.95. The molecular formula is C16H21N5O. The molecule has 0 bridgehead atoms. The van der Waals surface area contributed by atoms with Crippen LogP contribution < -0.4 is 10.2 Å². The van der Waals surface area contributed by atoms with Crippen molar-refractivity contribution in [2.75, 3.05) is 19.0 Å². The van der Waals surface area contributed by atoms with Gasteiger partial charge in [-0.1, -0.05) is 6.07 Å². The van der Waals surface area contributed by atoms with E-state index < -0.39 is 0 Å². The van der Waals surface area contributed by atoms with Gasteiger partial charge in [-0.25, -0.2) is 0 Å². The number of nitrogens with one attached hydrogen (secondary N) is 1. The van der Waals surface area contributed by atoms with Gasteiger partial charge in [-0.2, -0.15) is 0 Å². The van der Waals surface area contributed by atoms with Crippen molar-refractivity contribution in [3.63, 3.8) is 0 Å². The number of carbonyl (C=O) groups excluding carboxylic acids is 1. The zero-order valence-electron chi connectivity index (χ0n) is 13.0. The molecule has 1 unspecified atom stereocenters. The van der Waals surface area contributed by atoms with Crippen molar-refractivity contribution in [1.82, 2.24) is 20.1 Å². The number of hydrogen-bond acceptors (Lipinski definition) is 4. The molecule has 1 aromatic carbocycles. The standard InChI is InChI=1S/C16H21N5O/c1-20(2)14-5-3-4-12(10-14)16(22)18-13-6-7-15-19-17-11-21(15)9-8-13/h3-5,10-11,13H,6-9H2,1-2H3,(H,18,22). The van der Waals surface area contributed by atoms with Crippen LogP contribution in [-0.4, -0.2) is 40.8 Å². The number of fused-ring (bicyclic) bond motifs is 1. The summed E-state index contributed by atoms with van der Waals surface area (Å²) in [4.78, 5) is 14.4. The summed E-state index contributed by atoms with van der Waals surface area (Å²) >= 11 is 0. The number of rotatable bonds is 3. The third-order valence-corrected chi connectivity index (χ3v) is 4.09. The SMILES string of the molecule is CN(C)c1cccc(C(=O)NC2CCc3nncn3CC2)c1. The molecule has 3 rings (SSSR count). The first-order valence-electron chi connectivity index (χ1n) is 7.58. The van der Waals surface area contributed by atoms with Crippen LogP contribution in [0.2, 0.25) is 0 Å². The molecule has 6 nitrogen and oxygen atoms in total. The zero-order chi connectivity index (χ0) is 15.5. The minimum atomic E-state index is -0.00800. The number of anilines is 1. The smallest absolute Gasteiger partial charge is 0.251 e. The Hall–Kier alpha value is -2.37. The van der Waals surface area contributed by atoms with Gasteiger partial charge in [0.2, 0.25) is 0 Å². The molecule has 1 N–H and O–H groups in total. The molecule has 2 aromatic rings. The lowest BCUT2D eigenvalue weighted by atomic mass is 10.1. The predicted octanol–water partition coefficient (Wildman–Crippen LogP) is 1.48. The number of benzene rings is 1. The lowest BCUT2D eigenvalue weighted by Gasteiger charge is -2.17. The van der Waals surface area contributed by atoms with Crippen LogP contribution in [0.3, 0.4) is 0 Å². The van der Waals surface area contributed by atoms with E-state index in [-0.39, 0.29) is 11.9 Å². The second-order valence-electron chi connectivity index (χ2n) is 5.88. The van der Waals surface area contributed by atoms with Gasteiger partial charge in [-0.3, -0.25) is 4.79 Å². The van der Waals surface area contributed by atoms with Crippen LogP contribution in [0.1, 0.15) is 29.0 Å². The highest BCUT2D eigenvalue weighted by atomic mass is 16.1. The van der Waals surface area contributed by atoms with Gasteiger partial charge in [-0.15, -0.1) is 10.2 Å². The van der Waals surface area contributed by atoms with Gasteiger partial charge in [-0.05, 0) is 31.0 Å². The minimum Gasteiger partial charge on any atom is -0.378 e. The van der Waals surface area contributed by atoms with Gasteiger partial charge in [0.05, 0.1) is 0 Å². The Morgan fingerprint density at radius 3 is 3.05 bits per heavy atom. The Kier molecular flexibility index (Phi) is 4.09. The summed E-state index contributed by atoms with van der Waals surface area (Å²) in [5, 5.41) is 11.2. The van der Waals surface area contributed by atoms with E-state index in [4.69, 9.17) is 0 Å². The molecule has 1 amide bonds. The molecule has 0 aliphatic carbocycles. The van der Waals surface area contributed by atoms with Crippen LogP contribution in [0.5, 0.6) is 0 Å². The van der Waals surface area contributed by atoms with Crippen LogP contribution in [0, 0.1) is 0 Å². The molecule has 0 fully saturated rings. The van der Waals surface area contributed by atoms with Gasteiger partial charge < -0.3 is 14.8 Å². The van der Waals surface area contributed by atoms with Crippen LogP contribution in [0.25, 0.3) is 0 Å². The molecule has 1 atom stereocenters. The maximum absolute atomic E-state index is 12.4. The first kappa shape index (κ1) is 14.6. The van der Waals surface area contributed by atoms with Gasteiger partial charge in [0, 0.05) is 44.4 Å². The van der Waals surface area contributed by atoms with Crippen LogP contribution >= 0.6 is 0 Å². The second-order valence-corrected chi connectivity index (χ2v) is 5.88. The van der Waals surface area contributed by atoms with E-state index in [1.807, 2.05) is 43.3 Å². The Labute approximate surface area is 130 Å². The Morgan fingerprint density at radius 2 is 2.23 bits per heavy atom. The van der Waals surface area contributed by atoms with Crippen molar-refractivity contribution in [3.05, 3.63) is 42.0 Å². The van der Waals surface area contributed by atoms with E-state index >= 15 is 0 Å². The Balaban J connectivity index is 1.65. The average Bonchev–Trinajstić information content (AvgIpc) is 2.89. The Bertz CT molecular complexity index is 642. The maximum atomic E-state index is 12.4. The quantitative estimate of drug-likeness (QED) is 0.932. The lowest BCUT2D eigenvalue weighted by molar-refractivity contribution is 0.0933. The number of carbonyl (C=O) groups is 1. The van der Waals surface area contributed by atoms with Crippen LogP contribution in [0.4, 0.5) is 5.69 Å². The van der Waals surface area contributed by atoms with Crippen molar-refractivity contribution < 1.29 is 4.79 Å². The molecule has 0 radical (unpaired) electrons. The Morgan fingerprint density at radius 1 is 1.36 bits per heavy atom. The van der Waals surface area contributed by atoms with Crippen molar-refractivity contribution in [3.8, 4) is 0 Å². The monoisotopic (exact) mass is 299 g/mol. The van der Waals surface area contributed by atoms with Crippen molar-refractivity contribution in [1.29, 1.82) is 0 Å². The fourth-order valence-corrected chi connectivity index (χ4v) is 2.74. The molecule has 1 aliphatic rings. The third kappa shape index (κ3) is 3.10. The topological polar surface area (TPSA) is 63.1 Å². The summed E-state index contributed by atoms with van der Waals surface area (Å²) in [6.07, 6.45) is 4.42. The summed E-state index contributed by atoms with van der Waals surface area (Å²) < 4.78 is 2.07. The van der Waals surface area contributed by atoms with E-state index in [1.165, 1.54) is 0 Å². The molecule has 2 heterocycles. The number of aromatic nitrogens is 3. The van der Waals surface area contributed by atoms with E-state index in [2.05, 4.69) is 20.1 Å². The summed E-state index contributed by atoms with van der Waals surface area (Å²) in [7, 11) is 3.94. The first-order valence-corrected chi connectivity index (χ1v) is 7.58. The fourth-order valence-electron chi connectivity index (χ4n) is 2.74. The molecule has 6 heteroatoms. The third-order valence-electron chi connectivity index (χ3n) is 4.09. The average molecular weight is 299 g/mol. The molecule has 22 heavy (non-hydrogen) atoms. The lowest BCUT2D eigenvalue weighted by Crippen LogP contribution is -2.35. The number of amides is 1. The second kappa shape index (κ2) is 6.17. The molecule has 0 spiro atoms. The van der Waals surface area contributed by atoms with Crippen molar-refractivity contribution in [2.24, 2.45) is 0 Å². The van der Waals surface area contributed by atoms with Crippen molar-refractivity contribution >= 4 is 11.6 Å². The summed E-state index contributed by atoms with van der Waals surface area (Å²) in [5.41, 5.74) is 1.73. The predicted molar refractivity (Wildman–Crippen MR) is 85.0 cm³/mol. The van der Waals surface area contributed by atoms with E-state index in [0.717, 1.165) is 37.3 Å². The molecular weight excluding hydrogens is 278 g/mol. The molecule has 116 valence electrons. The van der Waals surface area contributed by atoms with Gasteiger partial charge in [0.15, 0.2) is 0 Å². The summed E-state index contributed by atoms with van der Waals surface area (Å²) in [5.74, 6) is 0.998. The summed E-state index contributed by atoms with van der Waals surface area (Å²) in [6, 6.07) is 7.86. The van der Waals surface area contributed by atoms with Crippen molar-refractivity contribution in [2.45, 2.75) is 31.8 Å². The molecule has 0 saturated carbocycles. The molecule has 0 saturated heterocycles. The van der Waals surface area contributed by atoms with Gasteiger partial charge in [0.25, 0.3) is 5.91 Å². The van der Waals surface area contributed by atoms with Crippen LogP contribution in [-0.2, 0) is 13.0 Å². The molecule has 1 aliphatic heterocycles.